The topological polar surface area (TPSA) is 89.6 Å². The molecule has 180 valence electrons. The number of benzene rings is 3. The van der Waals surface area contributed by atoms with Crippen molar-refractivity contribution in [3.8, 4) is 28.5 Å². The van der Waals surface area contributed by atoms with Gasteiger partial charge in [0, 0.05) is 42.5 Å². The summed E-state index contributed by atoms with van der Waals surface area (Å²) in [6, 6.07) is 26.1. The molecule has 2 amide bonds. The molecule has 3 aromatic carbocycles. The van der Waals surface area contributed by atoms with Crippen LogP contribution in [0.15, 0.2) is 91.1 Å². The van der Waals surface area contributed by atoms with E-state index in [1.807, 2.05) is 72.8 Å². The number of para-hydroxylation sites is 1. The molecular formula is C29H25N3O4. The molecule has 1 unspecified atom stereocenters. The third-order valence-corrected chi connectivity index (χ3v) is 5.90. The fraction of sp³-hybridized carbons (Fsp3) is 0.138. The van der Waals surface area contributed by atoms with Gasteiger partial charge in [-0.1, -0.05) is 36.4 Å². The number of amides is 2. The van der Waals surface area contributed by atoms with E-state index in [-0.39, 0.29) is 11.8 Å². The van der Waals surface area contributed by atoms with Crippen LogP contribution in [0.3, 0.4) is 0 Å². The molecule has 0 saturated carbocycles. The molecule has 0 bridgehead atoms. The highest BCUT2D eigenvalue weighted by Gasteiger charge is 2.44. The van der Waals surface area contributed by atoms with Crippen molar-refractivity contribution >= 4 is 23.2 Å². The van der Waals surface area contributed by atoms with Crippen molar-refractivity contribution in [1.82, 2.24) is 4.98 Å². The Labute approximate surface area is 209 Å². The molecule has 0 saturated heterocycles. The van der Waals surface area contributed by atoms with Crippen LogP contribution in [0.5, 0.6) is 17.4 Å². The van der Waals surface area contributed by atoms with Crippen LogP contribution in [-0.2, 0) is 16.0 Å². The Morgan fingerprint density at radius 3 is 2.39 bits per heavy atom. The van der Waals surface area contributed by atoms with E-state index in [1.165, 1.54) is 6.92 Å². The number of rotatable bonds is 6. The molecule has 0 spiro atoms. The maximum atomic E-state index is 13.3. The summed E-state index contributed by atoms with van der Waals surface area (Å²) in [4.78, 5) is 29.2. The minimum absolute atomic E-state index is 0.141. The molecule has 2 heterocycles. The first-order valence-electron chi connectivity index (χ1n) is 11.6. The number of fused-ring (bicyclic) bond motifs is 1. The molecule has 1 atom stereocenters. The van der Waals surface area contributed by atoms with E-state index in [1.54, 1.807) is 25.3 Å². The van der Waals surface area contributed by atoms with E-state index in [9.17, 15) is 9.59 Å². The standard InChI is InChI=1S/C29H25N3O4/c1-19(33)31-21-9-6-8-20(16-21)25-14-15-30-27-26(25)18-29(2,36-27)28(34)32-22-10-7-13-24(17-22)35-23-11-4-3-5-12-23/h3-17H,18H2,1-2H3,(H,31,33)(H,32,34). The van der Waals surface area contributed by atoms with Crippen LogP contribution in [0.1, 0.15) is 19.4 Å². The van der Waals surface area contributed by atoms with E-state index >= 15 is 0 Å². The Morgan fingerprint density at radius 1 is 0.889 bits per heavy atom. The van der Waals surface area contributed by atoms with Crippen molar-refractivity contribution in [3.05, 3.63) is 96.7 Å². The van der Waals surface area contributed by atoms with Gasteiger partial charge in [0.25, 0.3) is 5.91 Å². The van der Waals surface area contributed by atoms with Gasteiger partial charge < -0.3 is 20.1 Å². The predicted octanol–water partition coefficient (Wildman–Crippen LogP) is 5.83. The molecule has 4 aromatic rings. The number of hydrogen-bond acceptors (Lipinski definition) is 5. The highest BCUT2D eigenvalue weighted by Crippen LogP contribution is 2.40. The average Bonchev–Trinajstić information content (AvgIpc) is 3.22. The van der Waals surface area contributed by atoms with Crippen molar-refractivity contribution in [2.24, 2.45) is 0 Å². The lowest BCUT2D eigenvalue weighted by molar-refractivity contribution is -0.128. The molecule has 7 heteroatoms. The summed E-state index contributed by atoms with van der Waals surface area (Å²) >= 11 is 0. The summed E-state index contributed by atoms with van der Waals surface area (Å²) in [5.41, 5.74) is 2.81. The molecule has 5 rings (SSSR count). The number of anilines is 2. The van der Waals surface area contributed by atoms with E-state index in [4.69, 9.17) is 9.47 Å². The summed E-state index contributed by atoms with van der Waals surface area (Å²) in [5, 5.41) is 5.76. The van der Waals surface area contributed by atoms with Crippen LogP contribution < -0.4 is 20.1 Å². The lowest BCUT2D eigenvalue weighted by Gasteiger charge is -2.22. The van der Waals surface area contributed by atoms with Crippen LogP contribution >= 0.6 is 0 Å². The minimum Gasteiger partial charge on any atom is -0.461 e. The quantitative estimate of drug-likeness (QED) is 0.363. The monoisotopic (exact) mass is 479 g/mol. The molecule has 7 nitrogen and oxygen atoms in total. The fourth-order valence-corrected chi connectivity index (χ4v) is 4.21. The van der Waals surface area contributed by atoms with Gasteiger partial charge in [-0.15, -0.1) is 0 Å². The fourth-order valence-electron chi connectivity index (χ4n) is 4.21. The molecule has 36 heavy (non-hydrogen) atoms. The van der Waals surface area contributed by atoms with Crippen LogP contribution in [0.4, 0.5) is 11.4 Å². The largest absolute Gasteiger partial charge is 0.461 e. The molecule has 2 N–H and O–H groups in total. The van der Waals surface area contributed by atoms with E-state index in [0.717, 1.165) is 16.7 Å². The zero-order valence-electron chi connectivity index (χ0n) is 19.9. The van der Waals surface area contributed by atoms with Gasteiger partial charge in [0.2, 0.25) is 11.8 Å². The lowest BCUT2D eigenvalue weighted by atomic mass is 9.93. The first-order valence-corrected chi connectivity index (χ1v) is 11.6. The number of nitrogens with zero attached hydrogens (tertiary/aromatic N) is 1. The summed E-state index contributed by atoms with van der Waals surface area (Å²) in [6.07, 6.45) is 2.01. The number of nitrogens with one attached hydrogen (secondary N) is 2. The SMILES string of the molecule is CC(=O)Nc1cccc(-c2ccnc3c2CC(C)(C(=O)Nc2cccc(Oc4ccccc4)c2)O3)c1. The van der Waals surface area contributed by atoms with Gasteiger partial charge >= 0.3 is 0 Å². The molecule has 1 aliphatic heterocycles. The van der Waals surface area contributed by atoms with E-state index < -0.39 is 5.60 Å². The molecule has 0 fully saturated rings. The first kappa shape index (κ1) is 23.1. The number of carbonyl (C=O) groups excluding carboxylic acids is 2. The second kappa shape index (κ2) is 9.54. The van der Waals surface area contributed by atoms with Gasteiger partial charge in [-0.2, -0.15) is 0 Å². The van der Waals surface area contributed by atoms with Gasteiger partial charge in [0.1, 0.15) is 11.5 Å². The molecular weight excluding hydrogens is 454 g/mol. The summed E-state index contributed by atoms with van der Waals surface area (Å²) < 4.78 is 12.0. The van der Waals surface area contributed by atoms with Crippen molar-refractivity contribution in [3.63, 3.8) is 0 Å². The molecule has 0 radical (unpaired) electrons. The van der Waals surface area contributed by atoms with Gasteiger partial charge in [0.05, 0.1) is 0 Å². The number of pyridine rings is 1. The van der Waals surface area contributed by atoms with Crippen molar-refractivity contribution < 1.29 is 19.1 Å². The van der Waals surface area contributed by atoms with Gasteiger partial charge in [0.15, 0.2) is 5.60 Å². The van der Waals surface area contributed by atoms with Crippen LogP contribution in [0.2, 0.25) is 0 Å². The number of ether oxygens (including phenoxy) is 2. The van der Waals surface area contributed by atoms with E-state index in [2.05, 4.69) is 15.6 Å². The normalized spacial score (nSPS) is 15.9. The van der Waals surface area contributed by atoms with Crippen LogP contribution in [-0.4, -0.2) is 22.4 Å². The predicted molar refractivity (Wildman–Crippen MR) is 138 cm³/mol. The third-order valence-electron chi connectivity index (χ3n) is 5.90. The van der Waals surface area contributed by atoms with Crippen LogP contribution in [0.25, 0.3) is 11.1 Å². The average molecular weight is 480 g/mol. The summed E-state index contributed by atoms with van der Waals surface area (Å²) in [5.74, 6) is 1.33. The summed E-state index contributed by atoms with van der Waals surface area (Å²) in [6.45, 7) is 3.23. The number of aromatic nitrogens is 1. The Balaban J connectivity index is 1.35. The van der Waals surface area contributed by atoms with Gasteiger partial charge in [-0.3, -0.25) is 9.59 Å². The van der Waals surface area contributed by atoms with Crippen molar-refractivity contribution in [2.45, 2.75) is 25.9 Å². The lowest BCUT2D eigenvalue weighted by Crippen LogP contribution is -2.44. The minimum atomic E-state index is -1.14. The number of hydrogen-bond donors (Lipinski definition) is 2. The molecule has 1 aliphatic rings. The maximum absolute atomic E-state index is 13.3. The van der Waals surface area contributed by atoms with Crippen molar-refractivity contribution in [1.29, 1.82) is 0 Å². The molecule has 1 aromatic heterocycles. The zero-order valence-corrected chi connectivity index (χ0v) is 19.9. The number of carbonyl (C=O) groups is 2. The first-order chi connectivity index (χ1) is 17.4. The Bertz CT molecular complexity index is 1440. The maximum Gasteiger partial charge on any atom is 0.268 e. The second-order valence-electron chi connectivity index (χ2n) is 8.81. The zero-order chi connectivity index (χ0) is 25.1. The Hall–Kier alpha value is -4.65. The van der Waals surface area contributed by atoms with Crippen molar-refractivity contribution in [2.75, 3.05) is 10.6 Å². The highest BCUT2D eigenvalue weighted by atomic mass is 16.5. The third kappa shape index (κ3) is 4.90. The van der Waals surface area contributed by atoms with Gasteiger partial charge in [-0.05, 0) is 60.5 Å². The van der Waals surface area contributed by atoms with Gasteiger partial charge in [-0.25, -0.2) is 4.98 Å². The highest BCUT2D eigenvalue weighted by molar-refractivity contribution is 5.98. The second-order valence-corrected chi connectivity index (χ2v) is 8.81. The smallest absolute Gasteiger partial charge is 0.268 e. The Kier molecular flexibility index (Phi) is 6.12. The molecule has 0 aliphatic carbocycles. The Morgan fingerprint density at radius 2 is 1.61 bits per heavy atom. The van der Waals surface area contributed by atoms with Crippen LogP contribution in [0, 0.1) is 0 Å². The van der Waals surface area contributed by atoms with E-state index in [0.29, 0.717) is 35.2 Å². The summed E-state index contributed by atoms with van der Waals surface area (Å²) in [7, 11) is 0.